The Balaban J connectivity index is 2.79. The van der Waals surface area contributed by atoms with Crippen molar-refractivity contribution >= 4 is 11.9 Å². The molecule has 60 valence electrons. The van der Waals surface area contributed by atoms with E-state index in [4.69, 9.17) is 0 Å². The van der Waals surface area contributed by atoms with E-state index in [0.717, 1.165) is 11.3 Å². The van der Waals surface area contributed by atoms with Crippen LogP contribution in [0.1, 0.15) is 5.56 Å². The molecule has 0 fully saturated rings. The second kappa shape index (κ2) is 4.23. The molecule has 2 nitrogen and oxygen atoms in total. The molecule has 0 radical (unpaired) electrons. The smallest absolute Gasteiger partial charge is 0.0631 e. The summed E-state index contributed by atoms with van der Waals surface area (Å²) in [6.45, 7) is 7.31. The fraction of sp³-hybridized carbons (Fsp3) is 0. The van der Waals surface area contributed by atoms with Crippen LogP contribution in [0.2, 0.25) is 0 Å². The molecule has 0 atom stereocenters. The molecular weight excluding hydrogens is 148 g/mol. The number of nitrogens with zero attached hydrogens (tertiary/aromatic N) is 2. The maximum Gasteiger partial charge on any atom is 0.0631 e. The summed E-state index contributed by atoms with van der Waals surface area (Å²) >= 11 is 0. The highest BCUT2D eigenvalue weighted by Gasteiger charge is 1.92. The van der Waals surface area contributed by atoms with Crippen LogP contribution in [0.4, 0.5) is 0 Å². The zero-order valence-corrected chi connectivity index (χ0v) is 6.77. The average Bonchev–Trinajstić information content (AvgIpc) is 2.15. The summed E-state index contributed by atoms with van der Waals surface area (Å²) in [5.74, 6) is 0. The van der Waals surface area contributed by atoms with Gasteiger partial charge in [-0.2, -0.15) is 0 Å². The van der Waals surface area contributed by atoms with Crippen LogP contribution in [-0.4, -0.2) is 11.2 Å². The molecule has 0 saturated heterocycles. The number of allylic oxidation sites excluding steroid dienone is 1. The van der Waals surface area contributed by atoms with Gasteiger partial charge in [0.25, 0.3) is 0 Å². The fourth-order valence-corrected chi connectivity index (χ4v) is 0.762. The summed E-state index contributed by atoms with van der Waals surface area (Å²) in [5, 5.41) is 0. The topological polar surface area (TPSA) is 25.2 Å². The first-order chi connectivity index (χ1) is 5.84. The maximum atomic E-state index is 4.05. The summed E-state index contributed by atoms with van der Waals surface area (Å²) in [6, 6.07) is 3.73. The van der Waals surface area contributed by atoms with Crippen molar-refractivity contribution in [2.24, 2.45) is 4.99 Å². The van der Waals surface area contributed by atoms with Crippen LogP contribution >= 0.6 is 0 Å². The van der Waals surface area contributed by atoms with Crippen LogP contribution in [-0.2, 0) is 0 Å². The normalized spacial score (nSPS) is 10.0. The number of pyridine rings is 1. The lowest BCUT2D eigenvalue weighted by Gasteiger charge is -1.96. The van der Waals surface area contributed by atoms with Crippen LogP contribution in [0.3, 0.4) is 0 Å². The van der Waals surface area contributed by atoms with Crippen LogP contribution < -0.4 is 0 Å². The van der Waals surface area contributed by atoms with Crippen LogP contribution in [0.15, 0.2) is 48.8 Å². The summed E-state index contributed by atoms with van der Waals surface area (Å²) < 4.78 is 0. The SMILES string of the molecule is C=CC=NC(=C)c1ccncc1. The third-order valence-electron chi connectivity index (χ3n) is 1.35. The van der Waals surface area contributed by atoms with Crippen molar-refractivity contribution in [1.82, 2.24) is 4.98 Å². The predicted molar refractivity (Wildman–Crippen MR) is 52.0 cm³/mol. The first-order valence-electron chi connectivity index (χ1n) is 3.59. The zero-order valence-electron chi connectivity index (χ0n) is 6.77. The molecule has 2 heteroatoms. The van der Waals surface area contributed by atoms with Crippen molar-refractivity contribution in [2.75, 3.05) is 0 Å². The molecule has 0 aromatic carbocycles. The Kier molecular flexibility index (Phi) is 2.96. The van der Waals surface area contributed by atoms with Gasteiger partial charge in [0.2, 0.25) is 0 Å². The highest BCUT2D eigenvalue weighted by molar-refractivity contribution is 5.78. The number of hydrogen-bond acceptors (Lipinski definition) is 2. The minimum absolute atomic E-state index is 0.720. The summed E-state index contributed by atoms with van der Waals surface area (Å²) in [7, 11) is 0. The highest BCUT2D eigenvalue weighted by atomic mass is 14.7. The Morgan fingerprint density at radius 3 is 2.67 bits per heavy atom. The van der Waals surface area contributed by atoms with E-state index in [0.29, 0.717) is 0 Å². The molecule has 0 aliphatic carbocycles. The molecule has 12 heavy (non-hydrogen) atoms. The molecule has 1 aromatic heterocycles. The summed E-state index contributed by atoms with van der Waals surface area (Å²) in [5.41, 5.74) is 1.69. The van der Waals surface area contributed by atoms with E-state index in [2.05, 4.69) is 23.1 Å². The average molecular weight is 158 g/mol. The lowest BCUT2D eigenvalue weighted by Crippen LogP contribution is -1.79. The number of hydrogen-bond donors (Lipinski definition) is 0. The van der Waals surface area contributed by atoms with Gasteiger partial charge < -0.3 is 0 Å². The molecule has 0 bridgehead atoms. The third kappa shape index (κ3) is 2.16. The van der Waals surface area contributed by atoms with Gasteiger partial charge in [0.05, 0.1) is 5.70 Å². The van der Waals surface area contributed by atoms with E-state index in [-0.39, 0.29) is 0 Å². The van der Waals surface area contributed by atoms with Crippen molar-refractivity contribution in [3.05, 3.63) is 49.3 Å². The second-order valence-electron chi connectivity index (χ2n) is 2.20. The molecule has 1 heterocycles. The lowest BCUT2D eigenvalue weighted by molar-refractivity contribution is 1.31. The van der Waals surface area contributed by atoms with Gasteiger partial charge in [-0.15, -0.1) is 0 Å². The molecule has 0 saturated carbocycles. The van der Waals surface area contributed by atoms with Gasteiger partial charge in [0.1, 0.15) is 0 Å². The molecule has 0 aliphatic rings. The van der Waals surface area contributed by atoms with Crippen molar-refractivity contribution in [3.8, 4) is 0 Å². The monoisotopic (exact) mass is 158 g/mol. The standard InChI is InChI=1S/C10H10N2/c1-3-6-12-9(2)10-4-7-11-8-5-10/h3-8H,1-2H2. The number of aromatic nitrogens is 1. The van der Waals surface area contributed by atoms with Gasteiger partial charge in [-0.05, 0) is 12.1 Å². The molecule has 0 unspecified atom stereocenters. The van der Waals surface area contributed by atoms with Gasteiger partial charge in [-0.3, -0.25) is 9.98 Å². The Labute approximate surface area is 72.0 Å². The van der Waals surface area contributed by atoms with E-state index >= 15 is 0 Å². The second-order valence-corrected chi connectivity index (χ2v) is 2.20. The Hall–Kier alpha value is -1.70. The van der Waals surface area contributed by atoms with Crippen LogP contribution in [0, 0.1) is 0 Å². The van der Waals surface area contributed by atoms with E-state index in [1.807, 2.05) is 12.1 Å². The molecule has 0 amide bonds. The molecule has 0 spiro atoms. The third-order valence-corrected chi connectivity index (χ3v) is 1.35. The van der Waals surface area contributed by atoms with Gasteiger partial charge >= 0.3 is 0 Å². The van der Waals surface area contributed by atoms with Crippen molar-refractivity contribution in [1.29, 1.82) is 0 Å². The zero-order chi connectivity index (χ0) is 8.81. The van der Waals surface area contributed by atoms with E-state index in [1.54, 1.807) is 24.7 Å². The minimum Gasteiger partial charge on any atom is -0.265 e. The van der Waals surface area contributed by atoms with E-state index in [9.17, 15) is 0 Å². The van der Waals surface area contributed by atoms with Gasteiger partial charge in [0.15, 0.2) is 0 Å². The number of rotatable bonds is 3. The molecular formula is C10H10N2. The molecule has 1 aromatic rings. The summed E-state index contributed by atoms with van der Waals surface area (Å²) in [6.07, 6.45) is 6.66. The quantitative estimate of drug-likeness (QED) is 0.619. The molecule has 1 rings (SSSR count). The minimum atomic E-state index is 0.720. The number of aliphatic imine (C=N–C) groups is 1. The van der Waals surface area contributed by atoms with Crippen LogP contribution in [0.25, 0.3) is 5.70 Å². The van der Waals surface area contributed by atoms with E-state index in [1.165, 1.54) is 0 Å². The van der Waals surface area contributed by atoms with Gasteiger partial charge in [-0.25, -0.2) is 0 Å². The van der Waals surface area contributed by atoms with Crippen LogP contribution in [0.5, 0.6) is 0 Å². The largest absolute Gasteiger partial charge is 0.265 e. The van der Waals surface area contributed by atoms with Crippen molar-refractivity contribution < 1.29 is 0 Å². The predicted octanol–water partition coefficient (Wildman–Crippen LogP) is 2.31. The summed E-state index contributed by atoms with van der Waals surface area (Å²) in [4.78, 5) is 7.94. The maximum absolute atomic E-state index is 4.05. The Morgan fingerprint density at radius 2 is 2.08 bits per heavy atom. The first kappa shape index (κ1) is 8.40. The Bertz CT molecular complexity index is 299. The van der Waals surface area contributed by atoms with Crippen molar-refractivity contribution in [2.45, 2.75) is 0 Å². The lowest BCUT2D eigenvalue weighted by atomic mass is 10.2. The van der Waals surface area contributed by atoms with Crippen molar-refractivity contribution in [3.63, 3.8) is 0 Å². The first-order valence-corrected chi connectivity index (χ1v) is 3.59. The molecule has 0 N–H and O–H groups in total. The van der Waals surface area contributed by atoms with Gasteiger partial charge in [-0.1, -0.05) is 19.2 Å². The Morgan fingerprint density at radius 1 is 1.42 bits per heavy atom. The molecule has 0 aliphatic heterocycles. The highest BCUT2D eigenvalue weighted by Crippen LogP contribution is 2.10. The fourth-order valence-electron chi connectivity index (χ4n) is 0.762. The van der Waals surface area contributed by atoms with Gasteiger partial charge in [0, 0.05) is 24.2 Å². The van der Waals surface area contributed by atoms with E-state index < -0.39 is 0 Å².